The van der Waals surface area contributed by atoms with E-state index < -0.39 is 5.82 Å². The number of rotatable bonds is 5. The fourth-order valence-electron chi connectivity index (χ4n) is 2.24. The number of nitrogens with one attached hydrogen (secondary N) is 1. The third-order valence-electron chi connectivity index (χ3n) is 3.47. The number of nitrogen functional groups attached to an aromatic ring is 1. The van der Waals surface area contributed by atoms with Gasteiger partial charge in [0.15, 0.2) is 0 Å². The summed E-state index contributed by atoms with van der Waals surface area (Å²) in [5, 5.41) is 11.9. The average molecular weight is 297 g/mol. The number of halogens is 1. The number of ether oxygens (including phenoxy) is 1. The number of nitrogens with two attached hydrogens (primary N) is 1. The Bertz CT molecular complexity index is 498. The first-order valence-electron chi connectivity index (χ1n) is 6.87. The third kappa shape index (κ3) is 4.38. The lowest BCUT2D eigenvalue weighted by Gasteiger charge is -2.34. The summed E-state index contributed by atoms with van der Waals surface area (Å²) in [7, 11) is 0. The van der Waals surface area contributed by atoms with Gasteiger partial charge in [0.05, 0.1) is 31.5 Å². The normalized spacial score (nSPS) is 19.4. The molecular weight excluding hydrogens is 277 g/mol. The molecule has 1 fully saturated rings. The lowest BCUT2D eigenvalue weighted by molar-refractivity contribution is -0.117. The zero-order chi connectivity index (χ0) is 15.2. The van der Waals surface area contributed by atoms with Gasteiger partial charge in [-0.1, -0.05) is 0 Å². The van der Waals surface area contributed by atoms with Crippen molar-refractivity contribution in [3.8, 4) is 0 Å². The van der Waals surface area contributed by atoms with Crippen LogP contribution in [0, 0.1) is 5.82 Å². The molecule has 0 radical (unpaired) electrons. The Labute approximate surface area is 122 Å². The second kappa shape index (κ2) is 7.35. The number of hydrogen-bond acceptors (Lipinski definition) is 5. The summed E-state index contributed by atoms with van der Waals surface area (Å²) < 4.78 is 18.3. The van der Waals surface area contributed by atoms with Crippen LogP contribution in [0.3, 0.4) is 0 Å². The van der Waals surface area contributed by atoms with E-state index >= 15 is 0 Å². The molecule has 6 nitrogen and oxygen atoms in total. The number of aliphatic hydroxyl groups is 1. The molecule has 1 amide bonds. The van der Waals surface area contributed by atoms with Crippen molar-refractivity contribution < 1.29 is 19.0 Å². The molecule has 0 aliphatic carbocycles. The molecule has 2 rings (SSSR count). The molecule has 7 heteroatoms. The van der Waals surface area contributed by atoms with Crippen LogP contribution < -0.4 is 11.1 Å². The highest BCUT2D eigenvalue weighted by Gasteiger charge is 2.22. The first-order valence-corrected chi connectivity index (χ1v) is 6.87. The summed E-state index contributed by atoms with van der Waals surface area (Å²) in [5.41, 5.74) is 5.92. The molecule has 116 valence electrons. The smallest absolute Gasteiger partial charge is 0.225 e. The van der Waals surface area contributed by atoms with Crippen molar-refractivity contribution in [1.82, 2.24) is 4.90 Å². The van der Waals surface area contributed by atoms with Crippen molar-refractivity contribution in [3.05, 3.63) is 24.0 Å². The van der Waals surface area contributed by atoms with Gasteiger partial charge >= 0.3 is 0 Å². The van der Waals surface area contributed by atoms with Crippen LogP contribution in [0.2, 0.25) is 0 Å². The van der Waals surface area contributed by atoms with Crippen molar-refractivity contribution in [3.63, 3.8) is 0 Å². The monoisotopic (exact) mass is 297 g/mol. The number of nitrogens with zero attached hydrogens (tertiary/aromatic N) is 1. The minimum atomic E-state index is -0.507. The van der Waals surface area contributed by atoms with Gasteiger partial charge in [-0.05, 0) is 18.2 Å². The molecule has 1 heterocycles. The highest BCUT2D eigenvalue weighted by atomic mass is 19.1. The zero-order valence-corrected chi connectivity index (χ0v) is 11.7. The number of hydrogen-bond donors (Lipinski definition) is 3. The summed E-state index contributed by atoms with van der Waals surface area (Å²) in [4.78, 5) is 13.9. The van der Waals surface area contributed by atoms with Crippen LogP contribution in [-0.2, 0) is 9.53 Å². The molecule has 0 aromatic heterocycles. The van der Waals surface area contributed by atoms with E-state index in [0.717, 1.165) is 0 Å². The second-order valence-corrected chi connectivity index (χ2v) is 4.98. The SMILES string of the molecule is Nc1cc(NC(=O)CCN2CCOCC2CO)ccc1F. The van der Waals surface area contributed by atoms with Gasteiger partial charge in [0.25, 0.3) is 0 Å². The fraction of sp³-hybridized carbons (Fsp3) is 0.500. The van der Waals surface area contributed by atoms with Crippen molar-refractivity contribution in [2.75, 3.05) is 44.0 Å². The number of amides is 1. The van der Waals surface area contributed by atoms with Crippen molar-refractivity contribution in [1.29, 1.82) is 0 Å². The number of morpholine rings is 1. The summed E-state index contributed by atoms with van der Waals surface area (Å²) in [6, 6.07) is 4.01. The lowest BCUT2D eigenvalue weighted by Crippen LogP contribution is -2.48. The molecule has 1 saturated heterocycles. The quantitative estimate of drug-likeness (QED) is 0.686. The Morgan fingerprint density at radius 3 is 3.10 bits per heavy atom. The minimum Gasteiger partial charge on any atom is -0.396 e. The van der Waals surface area contributed by atoms with Crippen LogP contribution in [0.1, 0.15) is 6.42 Å². The maximum Gasteiger partial charge on any atom is 0.225 e. The number of benzene rings is 1. The van der Waals surface area contributed by atoms with E-state index in [0.29, 0.717) is 32.0 Å². The van der Waals surface area contributed by atoms with Gasteiger partial charge in [-0.3, -0.25) is 9.69 Å². The van der Waals surface area contributed by atoms with Crippen molar-refractivity contribution in [2.45, 2.75) is 12.5 Å². The van der Waals surface area contributed by atoms with E-state index in [4.69, 9.17) is 10.5 Å². The van der Waals surface area contributed by atoms with Gasteiger partial charge in [-0.2, -0.15) is 0 Å². The maximum absolute atomic E-state index is 13.0. The van der Waals surface area contributed by atoms with Crippen molar-refractivity contribution in [2.24, 2.45) is 0 Å². The Balaban J connectivity index is 1.82. The number of anilines is 2. The molecule has 4 N–H and O–H groups in total. The van der Waals surface area contributed by atoms with Crippen LogP contribution >= 0.6 is 0 Å². The molecule has 21 heavy (non-hydrogen) atoms. The first kappa shape index (κ1) is 15.7. The first-order chi connectivity index (χ1) is 10.1. The van der Waals surface area contributed by atoms with Crippen LogP contribution in [0.4, 0.5) is 15.8 Å². The van der Waals surface area contributed by atoms with Crippen LogP contribution in [0.25, 0.3) is 0 Å². The lowest BCUT2D eigenvalue weighted by atomic mass is 10.2. The fourth-order valence-corrected chi connectivity index (χ4v) is 2.24. The molecule has 1 aromatic carbocycles. The molecule has 0 spiro atoms. The number of carbonyl (C=O) groups is 1. The average Bonchev–Trinajstić information content (AvgIpc) is 2.49. The highest BCUT2D eigenvalue weighted by molar-refractivity contribution is 5.91. The zero-order valence-electron chi connectivity index (χ0n) is 11.7. The molecular formula is C14H20FN3O3. The standard InChI is InChI=1S/C14H20FN3O3/c15-12-2-1-10(7-13(12)16)17-14(20)3-4-18-5-6-21-9-11(18)8-19/h1-2,7,11,19H,3-6,8-9,16H2,(H,17,20). The number of carbonyl (C=O) groups excluding carboxylic acids is 1. The van der Waals surface area contributed by atoms with Crippen LogP contribution in [-0.4, -0.2) is 54.9 Å². The largest absolute Gasteiger partial charge is 0.396 e. The molecule has 0 bridgehead atoms. The summed E-state index contributed by atoms with van der Waals surface area (Å²) in [6.45, 7) is 2.33. The van der Waals surface area contributed by atoms with E-state index in [1.807, 2.05) is 4.90 Å². The Morgan fingerprint density at radius 1 is 1.57 bits per heavy atom. The van der Waals surface area contributed by atoms with Crippen LogP contribution in [0.5, 0.6) is 0 Å². The van der Waals surface area contributed by atoms with Gasteiger partial charge in [0, 0.05) is 25.2 Å². The van der Waals surface area contributed by atoms with Crippen molar-refractivity contribution >= 4 is 17.3 Å². The predicted molar refractivity (Wildman–Crippen MR) is 77.3 cm³/mol. The summed E-state index contributed by atoms with van der Waals surface area (Å²) in [5.74, 6) is -0.684. The second-order valence-electron chi connectivity index (χ2n) is 4.98. The number of aliphatic hydroxyl groups excluding tert-OH is 1. The molecule has 1 aliphatic heterocycles. The molecule has 1 atom stereocenters. The van der Waals surface area contributed by atoms with E-state index in [1.165, 1.54) is 18.2 Å². The Kier molecular flexibility index (Phi) is 5.49. The Morgan fingerprint density at radius 2 is 2.38 bits per heavy atom. The molecule has 0 saturated carbocycles. The van der Waals surface area contributed by atoms with E-state index in [9.17, 15) is 14.3 Å². The third-order valence-corrected chi connectivity index (χ3v) is 3.47. The van der Waals surface area contributed by atoms with Gasteiger partial charge in [-0.25, -0.2) is 4.39 Å². The molecule has 1 aliphatic rings. The van der Waals surface area contributed by atoms with Gasteiger partial charge in [0.1, 0.15) is 5.82 Å². The predicted octanol–water partition coefficient (Wildman–Crippen LogP) is 0.430. The van der Waals surface area contributed by atoms with E-state index in [-0.39, 0.29) is 30.7 Å². The molecule has 1 aromatic rings. The van der Waals surface area contributed by atoms with E-state index in [1.54, 1.807) is 0 Å². The minimum absolute atomic E-state index is 0.00123. The van der Waals surface area contributed by atoms with E-state index in [2.05, 4.69) is 5.32 Å². The summed E-state index contributed by atoms with van der Waals surface area (Å²) >= 11 is 0. The highest BCUT2D eigenvalue weighted by Crippen LogP contribution is 2.16. The van der Waals surface area contributed by atoms with Gasteiger partial charge in [0.2, 0.25) is 5.91 Å². The topological polar surface area (TPSA) is 87.8 Å². The van der Waals surface area contributed by atoms with Crippen LogP contribution in [0.15, 0.2) is 18.2 Å². The molecule has 1 unspecified atom stereocenters. The maximum atomic E-state index is 13.0. The summed E-state index contributed by atoms with van der Waals surface area (Å²) in [6.07, 6.45) is 0.285. The van der Waals surface area contributed by atoms with Gasteiger partial charge < -0.3 is 20.9 Å². The van der Waals surface area contributed by atoms with Gasteiger partial charge in [-0.15, -0.1) is 0 Å². The Hall–Kier alpha value is -1.70.